The van der Waals surface area contributed by atoms with Crippen LogP contribution in [0.15, 0.2) is 0 Å². The van der Waals surface area contributed by atoms with Gasteiger partial charge in [-0.15, -0.1) is 0 Å². The second-order valence-corrected chi connectivity index (χ2v) is 6.75. The SMILES string of the molecule is CC(C)N(C(C)C)P(O)OCCC#N.N#CCCOP(O)OO. The minimum absolute atomic E-state index is 0.0687. The maximum Gasteiger partial charge on any atom is 0.359 e. The van der Waals surface area contributed by atoms with Crippen molar-refractivity contribution in [3.63, 3.8) is 0 Å². The second kappa shape index (κ2) is 16.4. The fourth-order valence-electron chi connectivity index (χ4n) is 1.42. The van der Waals surface area contributed by atoms with Gasteiger partial charge < -0.3 is 18.8 Å². The lowest BCUT2D eigenvalue weighted by molar-refractivity contribution is -0.149. The molecule has 9 nitrogen and oxygen atoms in total. The smallest absolute Gasteiger partial charge is 0.338 e. The fraction of sp³-hybridized carbons (Fsp3) is 0.833. The Hall–Kier alpha value is -0.440. The van der Waals surface area contributed by atoms with E-state index in [0.29, 0.717) is 13.0 Å². The van der Waals surface area contributed by atoms with Gasteiger partial charge >= 0.3 is 8.60 Å². The van der Waals surface area contributed by atoms with Crippen LogP contribution < -0.4 is 0 Å². The average molecular weight is 369 g/mol. The van der Waals surface area contributed by atoms with Crippen molar-refractivity contribution in [1.82, 2.24) is 4.67 Å². The van der Waals surface area contributed by atoms with Gasteiger partial charge in [0, 0.05) is 12.1 Å². The zero-order valence-corrected chi connectivity index (χ0v) is 15.6. The van der Waals surface area contributed by atoms with Crippen LogP contribution in [0.3, 0.4) is 0 Å². The Morgan fingerprint density at radius 1 is 0.957 bits per heavy atom. The Morgan fingerprint density at radius 3 is 1.74 bits per heavy atom. The molecule has 0 aliphatic heterocycles. The molecule has 2 unspecified atom stereocenters. The number of nitrogens with zero attached hydrogens (tertiary/aromatic N) is 3. The highest BCUT2D eigenvalue weighted by molar-refractivity contribution is 7.43. The van der Waals surface area contributed by atoms with Crippen LogP contribution >= 0.6 is 17.1 Å². The fourth-order valence-corrected chi connectivity index (χ4v) is 2.90. The molecule has 0 aromatic heterocycles. The zero-order chi connectivity index (χ0) is 18.3. The van der Waals surface area contributed by atoms with Gasteiger partial charge in [0.15, 0.2) is 0 Å². The highest BCUT2D eigenvalue weighted by Gasteiger charge is 2.23. The van der Waals surface area contributed by atoms with Crippen LogP contribution in [-0.2, 0) is 13.7 Å². The van der Waals surface area contributed by atoms with Crippen molar-refractivity contribution in [2.75, 3.05) is 13.2 Å². The van der Waals surface area contributed by atoms with E-state index >= 15 is 0 Å². The molecule has 134 valence electrons. The molecule has 11 heteroatoms. The van der Waals surface area contributed by atoms with E-state index in [-0.39, 0.29) is 25.1 Å². The molecule has 0 rings (SSSR count). The van der Waals surface area contributed by atoms with Crippen LogP contribution in [-0.4, -0.2) is 45.0 Å². The van der Waals surface area contributed by atoms with Gasteiger partial charge in [0.1, 0.15) is 0 Å². The molecule has 0 aromatic rings. The molecule has 0 saturated heterocycles. The second-order valence-electron chi connectivity index (χ2n) is 4.62. The van der Waals surface area contributed by atoms with Crippen LogP contribution in [0.1, 0.15) is 40.5 Å². The summed E-state index contributed by atoms with van der Waals surface area (Å²) in [4.78, 5) is 18.1. The van der Waals surface area contributed by atoms with E-state index in [1.54, 1.807) is 6.07 Å². The molecule has 0 aliphatic rings. The third-order valence-electron chi connectivity index (χ3n) is 2.16. The van der Waals surface area contributed by atoms with Gasteiger partial charge in [-0.1, -0.05) is 0 Å². The first-order chi connectivity index (χ1) is 10.8. The van der Waals surface area contributed by atoms with E-state index in [9.17, 15) is 4.89 Å². The molecule has 3 N–H and O–H groups in total. The summed E-state index contributed by atoms with van der Waals surface area (Å²) >= 11 is 0. The topological polar surface area (TPSA) is 139 Å². The van der Waals surface area contributed by atoms with Crippen LogP contribution in [0.4, 0.5) is 0 Å². The summed E-state index contributed by atoms with van der Waals surface area (Å²) in [7, 11) is -3.74. The van der Waals surface area contributed by atoms with E-state index in [4.69, 9.17) is 25.2 Å². The van der Waals surface area contributed by atoms with E-state index in [2.05, 4.69) is 9.20 Å². The third-order valence-corrected chi connectivity index (χ3v) is 4.44. The average Bonchev–Trinajstić information content (AvgIpc) is 2.47. The van der Waals surface area contributed by atoms with Gasteiger partial charge in [-0.3, -0.25) is 0 Å². The lowest BCUT2D eigenvalue weighted by atomic mass is 10.3. The number of nitriles is 2. The van der Waals surface area contributed by atoms with Crippen LogP contribution in [0, 0.1) is 22.7 Å². The van der Waals surface area contributed by atoms with E-state index in [1.165, 1.54) is 0 Å². The number of rotatable bonds is 10. The van der Waals surface area contributed by atoms with Crippen LogP contribution in [0.5, 0.6) is 0 Å². The highest BCUT2D eigenvalue weighted by Crippen LogP contribution is 2.40. The highest BCUT2D eigenvalue weighted by atomic mass is 31.2. The Bertz CT molecular complexity index is 354. The predicted octanol–water partition coefficient (Wildman–Crippen LogP) is 2.88. The van der Waals surface area contributed by atoms with E-state index < -0.39 is 17.1 Å². The summed E-state index contributed by atoms with van der Waals surface area (Å²) in [5.74, 6) is 0. The summed E-state index contributed by atoms with van der Waals surface area (Å²) in [5, 5.41) is 24.0. The summed E-state index contributed by atoms with van der Waals surface area (Å²) in [6.07, 6.45) is 0.492. The van der Waals surface area contributed by atoms with Crippen molar-refractivity contribution in [3.8, 4) is 12.1 Å². The van der Waals surface area contributed by atoms with Gasteiger partial charge in [-0.2, -0.15) is 15.2 Å². The minimum Gasteiger partial charge on any atom is -0.338 e. The molecule has 0 radical (unpaired) electrons. The standard InChI is InChI=1S/C9H19N2O2P.C3H6NO4P/c1-8(2)11(9(3)4)14(12)13-7-5-6-10;4-2-1-3-7-9(6)8-5/h8-9,12H,5,7H2,1-4H3;5-6H,1,3H2. The maximum absolute atomic E-state index is 9.74. The molecule has 0 amide bonds. The van der Waals surface area contributed by atoms with Gasteiger partial charge in [-0.25, -0.2) is 9.93 Å². The molecule has 0 saturated carbocycles. The normalized spacial score (nSPS) is 13.2. The molecular formula is C12H25N3O6P2. The Morgan fingerprint density at radius 2 is 1.39 bits per heavy atom. The van der Waals surface area contributed by atoms with Gasteiger partial charge in [0.25, 0.3) is 8.53 Å². The van der Waals surface area contributed by atoms with Crippen molar-refractivity contribution in [2.45, 2.75) is 52.6 Å². The first-order valence-corrected chi connectivity index (χ1v) is 9.18. The monoisotopic (exact) mass is 369 g/mol. The van der Waals surface area contributed by atoms with Crippen molar-refractivity contribution in [1.29, 1.82) is 10.5 Å². The molecule has 23 heavy (non-hydrogen) atoms. The van der Waals surface area contributed by atoms with E-state index in [0.717, 1.165) is 0 Å². The van der Waals surface area contributed by atoms with Gasteiger partial charge in [0.05, 0.1) is 38.2 Å². The van der Waals surface area contributed by atoms with Gasteiger partial charge in [0.2, 0.25) is 0 Å². The zero-order valence-electron chi connectivity index (χ0n) is 13.8. The van der Waals surface area contributed by atoms with Crippen molar-refractivity contribution >= 4 is 17.1 Å². The van der Waals surface area contributed by atoms with Crippen LogP contribution in [0.25, 0.3) is 0 Å². The molecule has 0 bridgehead atoms. The predicted molar refractivity (Wildman–Crippen MR) is 86.5 cm³/mol. The molecular weight excluding hydrogens is 344 g/mol. The van der Waals surface area contributed by atoms with Gasteiger partial charge in [-0.05, 0) is 27.7 Å². The van der Waals surface area contributed by atoms with Crippen molar-refractivity contribution in [3.05, 3.63) is 0 Å². The molecule has 0 aliphatic carbocycles. The summed E-state index contributed by atoms with van der Waals surface area (Å²) in [5.41, 5.74) is 0. The van der Waals surface area contributed by atoms with E-state index in [1.807, 2.05) is 38.4 Å². The first kappa shape index (κ1) is 24.8. The summed E-state index contributed by atoms with van der Waals surface area (Å²) in [6.45, 7) is 8.42. The molecule has 0 spiro atoms. The molecule has 2 atom stereocenters. The lowest BCUT2D eigenvalue weighted by Crippen LogP contribution is -2.32. The third kappa shape index (κ3) is 14.9. The van der Waals surface area contributed by atoms with Crippen molar-refractivity contribution in [2.24, 2.45) is 0 Å². The Kier molecular flexibility index (Phi) is 17.7. The number of hydrogen-bond acceptors (Lipinski definition) is 9. The van der Waals surface area contributed by atoms with Crippen LogP contribution in [0.2, 0.25) is 0 Å². The first-order valence-electron chi connectivity index (χ1n) is 6.89. The largest absolute Gasteiger partial charge is 0.359 e. The Labute approximate surface area is 139 Å². The Balaban J connectivity index is 0. The summed E-state index contributed by atoms with van der Waals surface area (Å²) in [6, 6.07) is 4.25. The lowest BCUT2D eigenvalue weighted by Gasteiger charge is -2.32. The quantitative estimate of drug-likeness (QED) is 0.229. The molecule has 0 aromatic carbocycles. The maximum atomic E-state index is 9.74. The molecule has 0 fully saturated rings. The summed E-state index contributed by atoms with van der Waals surface area (Å²) < 4.78 is 14.8. The number of hydrogen-bond donors (Lipinski definition) is 3. The van der Waals surface area contributed by atoms with Crippen molar-refractivity contribution < 1.29 is 28.8 Å². The molecule has 0 heterocycles. The minimum atomic E-state index is -2.19.